The van der Waals surface area contributed by atoms with Crippen LogP contribution in [-0.4, -0.2) is 36.4 Å². The van der Waals surface area contributed by atoms with E-state index in [-0.39, 0.29) is 11.1 Å². The van der Waals surface area contributed by atoms with E-state index in [0.29, 0.717) is 11.5 Å². The number of hydrogen-bond acceptors (Lipinski definition) is 4. The van der Waals surface area contributed by atoms with Gasteiger partial charge in [0, 0.05) is 4.47 Å². The van der Waals surface area contributed by atoms with Gasteiger partial charge in [0.1, 0.15) is 22.6 Å². The molecule has 0 aliphatic rings. The molecule has 0 spiro atoms. The van der Waals surface area contributed by atoms with Gasteiger partial charge in [0.2, 0.25) is 0 Å². The Labute approximate surface area is 199 Å². The molecular formula is C26H21BrO6. The van der Waals surface area contributed by atoms with Gasteiger partial charge in [0.05, 0.1) is 14.2 Å². The predicted molar refractivity (Wildman–Crippen MR) is 132 cm³/mol. The number of hydrogen-bond donors (Lipinski definition) is 2. The summed E-state index contributed by atoms with van der Waals surface area (Å²) in [5, 5.41) is 18.7. The van der Waals surface area contributed by atoms with Crippen LogP contribution in [0.1, 0.15) is 43.0 Å². The third kappa shape index (κ3) is 5.90. The minimum atomic E-state index is -1.05. The van der Waals surface area contributed by atoms with Crippen molar-refractivity contribution in [2.75, 3.05) is 14.2 Å². The summed E-state index contributed by atoms with van der Waals surface area (Å²) in [6.45, 7) is 0. The Morgan fingerprint density at radius 1 is 0.697 bits per heavy atom. The Bertz CT molecular complexity index is 1260. The molecule has 3 aromatic carbocycles. The quantitative estimate of drug-likeness (QED) is 0.351. The number of rotatable bonds is 8. The van der Waals surface area contributed by atoms with E-state index in [1.165, 1.54) is 14.2 Å². The van der Waals surface area contributed by atoms with Gasteiger partial charge in [-0.3, -0.25) is 0 Å². The average Bonchev–Trinajstić information content (AvgIpc) is 2.81. The lowest BCUT2D eigenvalue weighted by atomic mass is 10.1. The summed E-state index contributed by atoms with van der Waals surface area (Å²) >= 11 is 3.56. The molecule has 0 saturated heterocycles. The number of aromatic carboxylic acids is 2. The molecule has 0 amide bonds. The third-order valence-electron chi connectivity index (χ3n) is 4.86. The highest BCUT2D eigenvalue weighted by atomic mass is 79.9. The van der Waals surface area contributed by atoms with E-state index in [0.717, 1.165) is 26.7 Å². The molecule has 0 saturated carbocycles. The summed E-state index contributed by atoms with van der Waals surface area (Å²) in [5.74, 6) is -1.48. The maximum absolute atomic E-state index is 11.4. The van der Waals surface area contributed by atoms with Crippen molar-refractivity contribution in [1.82, 2.24) is 0 Å². The second-order valence-electron chi connectivity index (χ2n) is 6.98. The number of carboxylic acid groups (broad SMARTS) is 2. The Balaban J connectivity index is 1.79. The van der Waals surface area contributed by atoms with Crippen LogP contribution in [0.4, 0.5) is 0 Å². The zero-order chi connectivity index (χ0) is 24.0. The molecule has 3 rings (SSSR count). The van der Waals surface area contributed by atoms with E-state index in [4.69, 9.17) is 9.47 Å². The highest BCUT2D eigenvalue weighted by Crippen LogP contribution is 2.25. The van der Waals surface area contributed by atoms with Gasteiger partial charge in [0.15, 0.2) is 0 Å². The zero-order valence-electron chi connectivity index (χ0n) is 17.9. The Morgan fingerprint density at radius 2 is 1.12 bits per heavy atom. The van der Waals surface area contributed by atoms with Gasteiger partial charge in [-0.15, -0.1) is 0 Å². The molecular weight excluding hydrogens is 488 g/mol. The van der Waals surface area contributed by atoms with Gasteiger partial charge in [-0.2, -0.15) is 0 Å². The first kappa shape index (κ1) is 23.8. The fourth-order valence-electron chi connectivity index (χ4n) is 3.15. The average molecular weight is 509 g/mol. The first-order chi connectivity index (χ1) is 15.8. The van der Waals surface area contributed by atoms with Gasteiger partial charge < -0.3 is 19.7 Å². The topological polar surface area (TPSA) is 93.1 Å². The summed E-state index contributed by atoms with van der Waals surface area (Å²) in [5.41, 5.74) is 3.51. The summed E-state index contributed by atoms with van der Waals surface area (Å²) in [4.78, 5) is 22.8. The maximum atomic E-state index is 11.4. The molecule has 0 atom stereocenters. The van der Waals surface area contributed by atoms with Crippen molar-refractivity contribution >= 4 is 52.2 Å². The largest absolute Gasteiger partial charge is 0.496 e. The highest BCUT2D eigenvalue weighted by molar-refractivity contribution is 9.10. The molecule has 0 fully saturated rings. The molecule has 0 aliphatic carbocycles. The standard InChI is InChI=1S/C26H21BrO6/c1-32-23-11-7-16(13-20(23)25(28)29)3-4-18-6-10-19(22(27)15-18)9-5-17-8-12-24(33-2)21(14-17)26(30)31/h3-15H,1-2H3,(H,28,29)(H,30,31)/b4-3+,9-5+. The van der Waals surface area contributed by atoms with E-state index >= 15 is 0 Å². The lowest BCUT2D eigenvalue weighted by Gasteiger charge is -2.06. The second-order valence-corrected chi connectivity index (χ2v) is 7.83. The first-order valence-electron chi connectivity index (χ1n) is 9.80. The van der Waals surface area contributed by atoms with Crippen LogP contribution in [0.25, 0.3) is 24.3 Å². The molecule has 2 N–H and O–H groups in total. The Hall–Kier alpha value is -3.84. The van der Waals surface area contributed by atoms with Crippen LogP contribution in [-0.2, 0) is 0 Å². The van der Waals surface area contributed by atoms with Crippen molar-refractivity contribution in [2.24, 2.45) is 0 Å². The monoisotopic (exact) mass is 508 g/mol. The smallest absolute Gasteiger partial charge is 0.339 e. The van der Waals surface area contributed by atoms with Crippen LogP contribution in [0, 0.1) is 0 Å². The van der Waals surface area contributed by atoms with Crippen LogP contribution in [0.5, 0.6) is 11.5 Å². The summed E-state index contributed by atoms with van der Waals surface area (Å²) in [6, 6.07) is 15.7. The van der Waals surface area contributed by atoms with Crippen LogP contribution in [0.3, 0.4) is 0 Å². The SMILES string of the molecule is COc1ccc(/C=C/c2ccc(/C=C/c3ccc(OC)c(C(=O)O)c3)c(Br)c2)cc1C(=O)O. The molecule has 3 aromatic rings. The Kier molecular flexibility index (Phi) is 7.69. The molecule has 7 heteroatoms. The van der Waals surface area contributed by atoms with Crippen LogP contribution in [0.15, 0.2) is 59.1 Å². The van der Waals surface area contributed by atoms with Crippen LogP contribution in [0.2, 0.25) is 0 Å². The van der Waals surface area contributed by atoms with Crippen molar-refractivity contribution in [3.63, 3.8) is 0 Å². The van der Waals surface area contributed by atoms with Gasteiger partial charge >= 0.3 is 11.9 Å². The number of carbonyl (C=O) groups is 2. The minimum absolute atomic E-state index is 0.101. The molecule has 168 valence electrons. The van der Waals surface area contributed by atoms with E-state index in [2.05, 4.69) is 15.9 Å². The molecule has 6 nitrogen and oxygen atoms in total. The number of benzene rings is 3. The van der Waals surface area contributed by atoms with Crippen LogP contribution < -0.4 is 9.47 Å². The molecule has 0 aliphatic heterocycles. The minimum Gasteiger partial charge on any atom is -0.496 e. The predicted octanol–water partition coefficient (Wildman–Crippen LogP) is 6.20. The van der Waals surface area contributed by atoms with E-state index < -0.39 is 11.9 Å². The Morgan fingerprint density at radius 3 is 1.55 bits per heavy atom. The van der Waals surface area contributed by atoms with Gasteiger partial charge in [-0.1, -0.05) is 64.5 Å². The molecule has 0 aromatic heterocycles. The van der Waals surface area contributed by atoms with E-state index in [9.17, 15) is 19.8 Å². The zero-order valence-corrected chi connectivity index (χ0v) is 19.5. The lowest BCUT2D eigenvalue weighted by Crippen LogP contribution is -2.00. The van der Waals surface area contributed by atoms with Crippen molar-refractivity contribution in [1.29, 1.82) is 0 Å². The number of methoxy groups -OCH3 is 2. The second kappa shape index (κ2) is 10.7. The number of carboxylic acids is 2. The maximum Gasteiger partial charge on any atom is 0.339 e. The van der Waals surface area contributed by atoms with Crippen molar-refractivity contribution < 1.29 is 29.3 Å². The molecule has 0 unspecified atom stereocenters. The van der Waals surface area contributed by atoms with Crippen LogP contribution >= 0.6 is 15.9 Å². The fraction of sp³-hybridized carbons (Fsp3) is 0.0769. The fourth-order valence-corrected chi connectivity index (χ4v) is 3.68. The van der Waals surface area contributed by atoms with E-state index in [1.54, 1.807) is 36.4 Å². The number of halogens is 1. The molecule has 0 bridgehead atoms. The summed E-state index contributed by atoms with van der Waals surface area (Å²) < 4.78 is 11.0. The van der Waals surface area contributed by atoms with Gasteiger partial charge in [-0.05, 0) is 52.6 Å². The molecule has 0 radical (unpaired) electrons. The van der Waals surface area contributed by atoms with Crippen molar-refractivity contribution in [2.45, 2.75) is 0 Å². The molecule has 0 heterocycles. The lowest BCUT2D eigenvalue weighted by molar-refractivity contribution is 0.0682. The first-order valence-corrected chi connectivity index (χ1v) is 10.6. The third-order valence-corrected chi connectivity index (χ3v) is 5.54. The number of ether oxygens (including phenoxy) is 2. The van der Waals surface area contributed by atoms with Gasteiger partial charge in [-0.25, -0.2) is 9.59 Å². The molecule has 33 heavy (non-hydrogen) atoms. The normalized spacial score (nSPS) is 11.1. The summed E-state index contributed by atoms with van der Waals surface area (Å²) in [7, 11) is 2.87. The highest BCUT2D eigenvalue weighted by Gasteiger charge is 2.11. The van der Waals surface area contributed by atoms with Gasteiger partial charge in [0.25, 0.3) is 0 Å². The summed E-state index contributed by atoms with van der Waals surface area (Å²) in [6.07, 6.45) is 7.42. The van der Waals surface area contributed by atoms with Crippen molar-refractivity contribution in [3.8, 4) is 11.5 Å². The van der Waals surface area contributed by atoms with E-state index in [1.807, 2.05) is 42.5 Å². The van der Waals surface area contributed by atoms with Crippen molar-refractivity contribution in [3.05, 3.63) is 92.5 Å².